The van der Waals surface area contributed by atoms with E-state index in [1.807, 2.05) is 42.5 Å². The summed E-state index contributed by atoms with van der Waals surface area (Å²) in [6, 6.07) is 17.0. The summed E-state index contributed by atoms with van der Waals surface area (Å²) in [5.74, 6) is 1.26. The second-order valence-corrected chi connectivity index (χ2v) is 13.8. The Morgan fingerprint density at radius 3 is 2.32 bits per heavy atom. The first kappa shape index (κ1) is 27.9. The second-order valence-electron chi connectivity index (χ2n) is 9.62. The van der Waals surface area contributed by atoms with Crippen molar-refractivity contribution in [2.24, 2.45) is 17.8 Å². The summed E-state index contributed by atoms with van der Waals surface area (Å²) in [6.45, 7) is 1.29. The number of unbranched alkanes of at least 4 members (excludes halogenated alkanes) is 1. The minimum absolute atomic E-state index is 0. The summed E-state index contributed by atoms with van der Waals surface area (Å²) in [5, 5.41) is 0. The molecule has 8 heteroatoms. The number of benzene rings is 2. The van der Waals surface area contributed by atoms with Gasteiger partial charge < -0.3 is 9.46 Å². The van der Waals surface area contributed by atoms with Gasteiger partial charge in [0.25, 0.3) is 0 Å². The quantitative estimate of drug-likeness (QED) is 0.230. The third kappa shape index (κ3) is 7.16. The molecule has 0 aliphatic heterocycles. The average molecular weight is 510 g/mol. The molecule has 4 unspecified atom stereocenters. The third-order valence-electron chi connectivity index (χ3n) is 7.16. The van der Waals surface area contributed by atoms with Crippen molar-refractivity contribution in [1.29, 1.82) is 0 Å². The average Bonchev–Trinajstić information content (AvgIpc) is 3.38. The summed E-state index contributed by atoms with van der Waals surface area (Å²) in [7, 11) is -6.78. The van der Waals surface area contributed by atoms with Crippen LogP contribution in [-0.2, 0) is 14.6 Å². The molecule has 0 amide bonds. The maximum absolute atomic E-state index is 13.2. The molecule has 0 saturated heterocycles. The fourth-order valence-corrected chi connectivity index (χ4v) is 7.62. The summed E-state index contributed by atoms with van der Waals surface area (Å²) >= 11 is 0. The van der Waals surface area contributed by atoms with Crippen LogP contribution in [0.1, 0.15) is 38.5 Å². The number of sulfonamides is 1. The van der Waals surface area contributed by atoms with Gasteiger partial charge in [-0.2, -0.15) is 0 Å². The molecule has 178 valence electrons. The van der Waals surface area contributed by atoms with Gasteiger partial charge in [-0.1, -0.05) is 54.6 Å². The van der Waals surface area contributed by atoms with E-state index in [-0.39, 0.29) is 41.8 Å². The van der Waals surface area contributed by atoms with Crippen LogP contribution in [0.25, 0.3) is 11.1 Å². The van der Waals surface area contributed by atoms with Crippen LogP contribution in [0.4, 0.5) is 0 Å². The zero-order chi connectivity index (χ0) is 23.5. The van der Waals surface area contributed by atoms with E-state index in [0.29, 0.717) is 29.1 Å². The Kier molecular flexibility index (Phi) is 9.84. The van der Waals surface area contributed by atoms with Crippen LogP contribution in [0, 0.1) is 17.8 Å². The van der Waals surface area contributed by atoms with Crippen molar-refractivity contribution in [3.63, 3.8) is 0 Å². The topological polar surface area (TPSA) is 86.3 Å². The molecule has 1 N–H and O–H groups in total. The molecule has 5 atom stereocenters. The van der Waals surface area contributed by atoms with Crippen molar-refractivity contribution in [3.05, 3.63) is 66.7 Å². The Morgan fingerprint density at radius 2 is 1.65 bits per heavy atom. The van der Waals surface area contributed by atoms with Crippen LogP contribution < -0.4 is 39.2 Å². The zero-order valence-corrected chi connectivity index (χ0v) is 23.8. The molecule has 0 heterocycles. The Bertz CT molecular complexity index is 1120. The Morgan fingerprint density at radius 1 is 1.00 bits per heavy atom. The predicted octanol–water partition coefficient (Wildman–Crippen LogP) is 2.05. The predicted molar refractivity (Wildman–Crippen MR) is 132 cm³/mol. The number of hydrogen-bond donors (Lipinski definition) is 1. The van der Waals surface area contributed by atoms with Gasteiger partial charge in [0.15, 0.2) is 0 Å². The van der Waals surface area contributed by atoms with Crippen LogP contribution in [0.2, 0.25) is 0 Å². The van der Waals surface area contributed by atoms with Gasteiger partial charge in [-0.25, -0.2) is 13.1 Å². The molecule has 34 heavy (non-hydrogen) atoms. The fourth-order valence-electron chi connectivity index (χ4n) is 5.51. The molecule has 0 radical (unpaired) electrons. The van der Waals surface area contributed by atoms with E-state index in [2.05, 4.69) is 16.9 Å². The Labute approximate surface area is 226 Å². The first-order chi connectivity index (χ1) is 15.7. The number of allylic oxidation sites excluding steroid dienone is 2. The van der Waals surface area contributed by atoms with E-state index in [9.17, 15) is 17.9 Å². The van der Waals surface area contributed by atoms with Gasteiger partial charge in [0, 0.05) is 13.4 Å². The molecule has 5 nitrogen and oxygen atoms in total. The summed E-state index contributed by atoms with van der Waals surface area (Å²) in [6.07, 6.45) is 9.96. The first-order valence-corrected chi connectivity index (χ1v) is 15.6. The van der Waals surface area contributed by atoms with Crippen LogP contribution >= 0.6 is 7.37 Å². The van der Waals surface area contributed by atoms with E-state index >= 15 is 0 Å². The summed E-state index contributed by atoms with van der Waals surface area (Å²) < 4.78 is 40.7. The van der Waals surface area contributed by atoms with Gasteiger partial charge in [-0.05, 0) is 92.4 Å². The van der Waals surface area contributed by atoms with Crippen molar-refractivity contribution in [2.75, 3.05) is 12.8 Å². The monoisotopic (exact) mass is 509 g/mol. The Hall–Kier alpha value is -0.720. The molecule has 2 fully saturated rings. The maximum Gasteiger partial charge on any atom is 1.00 e. The van der Waals surface area contributed by atoms with Crippen molar-refractivity contribution in [3.8, 4) is 11.1 Å². The standard InChI is InChI=1S/C26H34NO4PS.Na/c1-32(28,29)18-8-3-2-7-11-25-22-12-13-23(19-22)26(25)27-33(30,31)24-16-14-21(15-17-24)20-9-5-4-6-10-20;/h2,4-7,9-10,14-17,22-23,25-27H,3,8,11-13,18-19H2,1H3,(H,28,29);/q;+1/p-1/b7-2-;/t22?,23-,25?,26?;/m1./s1. The van der Waals surface area contributed by atoms with Gasteiger partial charge in [-0.15, -0.1) is 0 Å². The third-order valence-corrected chi connectivity index (χ3v) is 9.77. The molecule has 0 spiro atoms. The molecule has 4 rings (SSSR count). The normalized spacial score (nSPS) is 25.8. The van der Waals surface area contributed by atoms with Crippen LogP contribution in [0.5, 0.6) is 0 Å². The number of rotatable bonds is 10. The Balaban J connectivity index is 0.00000324. The molecule has 0 aromatic heterocycles. The molecule has 2 aliphatic rings. The van der Waals surface area contributed by atoms with E-state index in [1.54, 1.807) is 12.1 Å². The number of hydrogen-bond acceptors (Lipinski definition) is 4. The first-order valence-electron chi connectivity index (χ1n) is 11.8. The molecule has 2 aliphatic carbocycles. The summed E-state index contributed by atoms with van der Waals surface area (Å²) in [5.41, 5.74) is 2.06. The molecular weight excluding hydrogens is 476 g/mol. The van der Waals surface area contributed by atoms with Crippen molar-refractivity contribution in [1.82, 2.24) is 4.72 Å². The van der Waals surface area contributed by atoms with Gasteiger partial charge in [0.2, 0.25) is 10.0 Å². The summed E-state index contributed by atoms with van der Waals surface area (Å²) in [4.78, 5) is 11.6. The van der Waals surface area contributed by atoms with Crippen LogP contribution in [-0.4, -0.2) is 27.3 Å². The minimum atomic E-state index is -3.59. The van der Waals surface area contributed by atoms with Crippen molar-refractivity contribution >= 4 is 17.4 Å². The molecule has 2 aromatic carbocycles. The zero-order valence-electron chi connectivity index (χ0n) is 20.1. The maximum atomic E-state index is 13.2. The van der Waals surface area contributed by atoms with Crippen LogP contribution in [0.15, 0.2) is 71.6 Å². The molecule has 2 saturated carbocycles. The second kappa shape index (κ2) is 12.0. The van der Waals surface area contributed by atoms with Gasteiger partial charge in [0.05, 0.1) is 4.90 Å². The molecular formula is C26H33NNaO4PS. The van der Waals surface area contributed by atoms with Crippen LogP contribution in [0.3, 0.4) is 0 Å². The molecule has 2 aromatic rings. The largest absolute Gasteiger partial charge is 1.00 e. The SMILES string of the molecule is CP(=O)([O-])CCC/C=C\CC1C2CC[C@H](C2)C1NS(=O)(=O)c1ccc(-c2ccccc2)cc1.[Na+]. The minimum Gasteiger partial charge on any atom is -0.799 e. The molecule has 2 bridgehead atoms. The van der Waals surface area contributed by atoms with Crippen molar-refractivity contribution < 1.29 is 47.4 Å². The van der Waals surface area contributed by atoms with E-state index in [4.69, 9.17) is 0 Å². The smallest absolute Gasteiger partial charge is 0.799 e. The van der Waals surface area contributed by atoms with E-state index < -0.39 is 17.4 Å². The fraction of sp³-hybridized carbons (Fsp3) is 0.462. The van der Waals surface area contributed by atoms with E-state index in [0.717, 1.165) is 36.8 Å². The van der Waals surface area contributed by atoms with Crippen molar-refractivity contribution in [2.45, 2.75) is 49.5 Å². The van der Waals surface area contributed by atoms with Gasteiger partial charge >= 0.3 is 29.6 Å². The van der Waals surface area contributed by atoms with Gasteiger partial charge in [-0.3, -0.25) is 0 Å². The van der Waals surface area contributed by atoms with E-state index in [1.165, 1.54) is 13.1 Å². The van der Waals surface area contributed by atoms with Gasteiger partial charge in [0.1, 0.15) is 0 Å². The number of fused-ring (bicyclic) bond motifs is 2. The number of nitrogens with one attached hydrogen (secondary N) is 1.